The topological polar surface area (TPSA) is 46.4 Å². The first-order chi connectivity index (χ1) is 14.1. The lowest BCUT2D eigenvalue weighted by Crippen LogP contribution is -3.16. The monoisotopic (exact) mass is 399 g/mol. The summed E-state index contributed by atoms with van der Waals surface area (Å²) in [5, 5.41) is 10.5. The number of piperazine rings is 1. The van der Waals surface area contributed by atoms with Crippen molar-refractivity contribution in [1.29, 1.82) is 0 Å². The number of anilines is 1. The zero-order valence-corrected chi connectivity index (χ0v) is 17.9. The Labute approximate surface area is 174 Å². The Morgan fingerprint density at radius 2 is 1.76 bits per heavy atom. The molecule has 2 aromatic rings. The van der Waals surface area contributed by atoms with Crippen LogP contribution in [0.15, 0.2) is 48.5 Å². The summed E-state index contributed by atoms with van der Waals surface area (Å²) in [5.41, 5.74) is 2.46. The average molecular weight is 400 g/mol. The first kappa shape index (κ1) is 21.5. The first-order valence-electron chi connectivity index (χ1n) is 10.7. The molecular formula is C24H35N2O3+. The third-order valence-electron chi connectivity index (χ3n) is 5.93. The quantitative estimate of drug-likeness (QED) is 0.680. The number of rotatable bonds is 9. The summed E-state index contributed by atoms with van der Waals surface area (Å²) in [6.07, 6.45) is 0.619. The summed E-state index contributed by atoms with van der Waals surface area (Å²) in [6, 6.07) is 16.4. The van der Waals surface area contributed by atoms with Crippen LogP contribution in [0.2, 0.25) is 0 Å². The Hall–Kier alpha value is -2.24. The summed E-state index contributed by atoms with van der Waals surface area (Å²) in [6.45, 7) is 9.49. The van der Waals surface area contributed by atoms with E-state index in [4.69, 9.17) is 9.47 Å². The number of hydrogen-bond donors (Lipinski definition) is 2. The van der Waals surface area contributed by atoms with Crippen LogP contribution >= 0.6 is 0 Å². The second-order valence-electron chi connectivity index (χ2n) is 7.95. The molecule has 0 aliphatic carbocycles. The highest BCUT2D eigenvalue weighted by Crippen LogP contribution is 2.28. The number of methoxy groups -OCH3 is 1. The fraction of sp³-hybridized carbons (Fsp3) is 0.500. The minimum atomic E-state index is -0.456. The number of nitrogens with zero attached hydrogens (tertiary/aromatic N) is 1. The normalized spacial score (nSPS) is 17.0. The number of benzene rings is 2. The van der Waals surface area contributed by atoms with Gasteiger partial charge in [-0.1, -0.05) is 32.0 Å². The molecule has 0 radical (unpaired) electrons. The second-order valence-corrected chi connectivity index (χ2v) is 7.95. The molecule has 0 aromatic heterocycles. The summed E-state index contributed by atoms with van der Waals surface area (Å²) in [7, 11) is 1.69. The van der Waals surface area contributed by atoms with Gasteiger partial charge in [-0.15, -0.1) is 0 Å². The smallest absolute Gasteiger partial charge is 0.137 e. The largest absolute Gasteiger partial charge is 0.497 e. The van der Waals surface area contributed by atoms with E-state index in [2.05, 4.69) is 43.0 Å². The number of quaternary nitrogens is 1. The fourth-order valence-electron chi connectivity index (χ4n) is 3.90. The molecule has 2 aromatic carbocycles. The molecule has 2 N–H and O–H groups in total. The SMILES string of the molecule is CC[C@H](C)c1ccccc1OC[C@@H](O)C[NH+]1CCN(c2ccc(OC)cc2)CC1. The average Bonchev–Trinajstić information content (AvgIpc) is 2.78. The van der Waals surface area contributed by atoms with Crippen molar-refractivity contribution in [2.45, 2.75) is 32.3 Å². The maximum atomic E-state index is 10.5. The Kier molecular flexibility index (Phi) is 7.78. The van der Waals surface area contributed by atoms with E-state index in [1.54, 1.807) is 7.11 Å². The van der Waals surface area contributed by atoms with Crippen molar-refractivity contribution < 1.29 is 19.5 Å². The van der Waals surface area contributed by atoms with E-state index in [-0.39, 0.29) is 0 Å². The molecule has 3 rings (SSSR count). The highest BCUT2D eigenvalue weighted by atomic mass is 16.5. The molecule has 0 bridgehead atoms. The Balaban J connectivity index is 1.45. The van der Waals surface area contributed by atoms with Crippen molar-refractivity contribution in [2.24, 2.45) is 0 Å². The van der Waals surface area contributed by atoms with Gasteiger partial charge >= 0.3 is 0 Å². The molecule has 1 aliphatic heterocycles. The maximum Gasteiger partial charge on any atom is 0.137 e. The number of aliphatic hydroxyl groups excluding tert-OH is 1. The zero-order valence-electron chi connectivity index (χ0n) is 17.9. The number of nitrogens with one attached hydrogen (secondary N) is 1. The Morgan fingerprint density at radius 3 is 2.41 bits per heavy atom. The van der Waals surface area contributed by atoms with Gasteiger partial charge in [-0.25, -0.2) is 0 Å². The summed E-state index contributed by atoms with van der Waals surface area (Å²) < 4.78 is 11.2. The lowest BCUT2D eigenvalue weighted by molar-refractivity contribution is -0.903. The first-order valence-corrected chi connectivity index (χ1v) is 10.7. The van der Waals surface area contributed by atoms with Crippen LogP contribution in [-0.4, -0.2) is 57.7 Å². The number of hydrogen-bond acceptors (Lipinski definition) is 4. The van der Waals surface area contributed by atoms with E-state index < -0.39 is 6.10 Å². The Bertz CT molecular complexity index is 742. The van der Waals surface area contributed by atoms with Crippen LogP contribution in [0, 0.1) is 0 Å². The van der Waals surface area contributed by atoms with E-state index in [0.29, 0.717) is 12.5 Å². The van der Waals surface area contributed by atoms with E-state index in [1.807, 2.05) is 24.3 Å². The molecular weight excluding hydrogens is 364 g/mol. The third-order valence-corrected chi connectivity index (χ3v) is 5.93. The van der Waals surface area contributed by atoms with Crippen molar-refractivity contribution in [3.8, 4) is 11.5 Å². The van der Waals surface area contributed by atoms with Gasteiger partial charge < -0.3 is 24.4 Å². The van der Waals surface area contributed by atoms with Gasteiger partial charge in [0.2, 0.25) is 0 Å². The molecule has 0 saturated carbocycles. The van der Waals surface area contributed by atoms with Crippen molar-refractivity contribution in [3.05, 3.63) is 54.1 Å². The van der Waals surface area contributed by atoms with E-state index in [1.165, 1.54) is 16.2 Å². The van der Waals surface area contributed by atoms with Gasteiger partial charge in [-0.05, 0) is 48.2 Å². The van der Waals surface area contributed by atoms with Crippen molar-refractivity contribution >= 4 is 5.69 Å². The minimum Gasteiger partial charge on any atom is -0.497 e. The molecule has 1 heterocycles. The fourth-order valence-corrected chi connectivity index (χ4v) is 3.90. The molecule has 2 atom stereocenters. The summed E-state index contributed by atoms with van der Waals surface area (Å²) >= 11 is 0. The van der Waals surface area contributed by atoms with Gasteiger partial charge in [0, 0.05) is 5.69 Å². The van der Waals surface area contributed by atoms with Crippen LogP contribution in [0.1, 0.15) is 31.7 Å². The van der Waals surface area contributed by atoms with Gasteiger partial charge in [0.05, 0.1) is 33.3 Å². The highest BCUT2D eigenvalue weighted by Gasteiger charge is 2.23. The number of aliphatic hydroxyl groups is 1. The van der Waals surface area contributed by atoms with Crippen LogP contribution < -0.4 is 19.3 Å². The molecule has 29 heavy (non-hydrogen) atoms. The molecule has 5 nitrogen and oxygen atoms in total. The van der Waals surface area contributed by atoms with Gasteiger partial charge in [0.15, 0.2) is 0 Å². The van der Waals surface area contributed by atoms with Crippen molar-refractivity contribution in [2.75, 3.05) is 51.3 Å². The molecule has 1 aliphatic rings. The summed E-state index contributed by atoms with van der Waals surface area (Å²) in [5.74, 6) is 2.25. The van der Waals surface area contributed by atoms with Crippen LogP contribution in [0.4, 0.5) is 5.69 Å². The molecule has 0 spiro atoms. The maximum absolute atomic E-state index is 10.5. The Morgan fingerprint density at radius 1 is 1.07 bits per heavy atom. The lowest BCUT2D eigenvalue weighted by Gasteiger charge is -2.34. The third kappa shape index (κ3) is 5.87. The van der Waals surface area contributed by atoms with Crippen LogP contribution in [0.25, 0.3) is 0 Å². The van der Waals surface area contributed by atoms with E-state index >= 15 is 0 Å². The van der Waals surface area contributed by atoms with Gasteiger partial charge in [-0.3, -0.25) is 0 Å². The molecule has 0 amide bonds. The lowest BCUT2D eigenvalue weighted by atomic mass is 9.98. The molecule has 158 valence electrons. The van der Waals surface area contributed by atoms with Crippen LogP contribution in [0.5, 0.6) is 11.5 Å². The molecule has 1 fully saturated rings. The number of ether oxygens (including phenoxy) is 2. The van der Waals surface area contributed by atoms with E-state index in [9.17, 15) is 5.11 Å². The van der Waals surface area contributed by atoms with Crippen LogP contribution in [0.3, 0.4) is 0 Å². The molecule has 0 unspecified atom stereocenters. The van der Waals surface area contributed by atoms with Gasteiger partial charge in [0.1, 0.15) is 30.8 Å². The zero-order chi connectivity index (χ0) is 20.6. The summed E-state index contributed by atoms with van der Waals surface area (Å²) in [4.78, 5) is 3.83. The van der Waals surface area contributed by atoms with Crippen molar-refractivity contribution in [3.63, 3.8) is 0 Å². The number of para-hydroxylation sites is 1. The van der Waals surface area contributed by atoms with E-state index in [0.717, 1.165) is 50.6 Å². The second kappa shape index (κ2) is 10.5. The van der Waals surface area contributed by atoms with Gasteiger partial charge in [0.25, 0.3) is 0 Å². The van der Waals surface area contributed by atoms with Gasteiger partial charge in [-0.2, -0.15) is 0 Å². The molecule has 5 heteroatoms. The van der Waals surface area contributed by atoms with Crippen molar-refractivity contribution in [1.82, 2.24) is 0 Å². The highest BCUT2D eigenvalue weighted by molar-refractivity contribution is 5.49. The van der Waals surface area contributed by atoms with Crippen LogP contribution in [-0.2, 0) is 0 Å². The minimum absolute atomic E-state index is 0.346. The predicted molar refractivity (Wildman–Crippen MR) is 117 cm³/mol. The predicted octanol–water partition coefficient (Wildman–Crippen LogP) is 2.35. The molecule has 1 saturated heterocycles. The standard InChI is InChI=1S/C24H34N2O3/c1-4-19(2)23-7-5-6-8-24(23)29-18-21(27)17-25-13-15-26(16-14-25)20-9-11-22(28-3)12-10-20/h5-12,19,21,27H,4,13-18H2,1-3H3/p+1/t19-,21-/m0/s1.